The molecule has 6 nitrogen and oxygen atoms in total. The van der Waals surface area contributed by atoms with Crippen molar-refractivity contribution in [2.24, 2.45) is 0 Å². The molecular formula is C30H52O6Si5. The van der Waals surface area contributed by atoms with Crippen LogP contribution in [0.4, 0.5) is 0 Å². The van der Waals surface area contributed by atoms with Gasteiger partial charge in [-0.15, -0.1) is 0 Å². The van der Waals surface area contributed by atoms with Crippen LogP contribution in [0, 0.1) is 0 Å². The predicted octanol–water partition coefficient (Wildman–Crippen LogP) is 5.30. The topological polar surface area (TPSA) is 55.4 Å². The molecule has 0 fully saturated rings. The summed E-state index contributed by atoms with van der Waals surface area (Å²) in [6, 6.07) is 29.5. The quantitative estimate of drug-likeness (QED) is 0.235. The molecule has 0 radical (unpaired) electrons. The third-order valence-corrected chi connectivity index (χ3v) is 24.0. The van der Waals surface area contributed by atoms with Crippen LogP contribution < -0.4 is 20.7 Å². The Morgan fingerprint density at radius 3 is 1.17 bits per heavy atom. The summed E-state index contributed by atoms with van der Waals surface area (Å²) in [6.45, 7) is 15.3. The Morgan fingerprint density at radius 1 is 0.415 bits per heavy atom. The fraction of sp³-hybridized carbons (Fsp3) is 0.400. The minimum absolute atomic E-state index is 0. The molecule has 0 aliphatic heterocycles. The van der Waals surface area contributed by atoms with Crippen LogP contribution in [-0.2, 0) is 25.6 Å². The van der Waals surface area contributed by atoms with E-state index in [2.05, 4.69) is 81.3 Å². The fourth-order valence-corrected chi connectivity index (χ4v) is 20.7. The van der Waals surface area contributed by atoms with Crippen molar-refractivity contribution in [2.75, 3.05) is 21.3 Å². The first kappa shape index (κ1) is 37.5. The predicted molar refractivity (Wildman–Crippen MR) is 185 cm³/mol. The molecule has 0 saturated heterocycles. The molecule has 0 spiro atoms. The van der Waals surface area contributed by atoms with Gasteiger partial charge in [-0.25, -0.2) is 0 Å². The van der Waals surface area contributed by atoms with Crippen LogP contribution in [0.25, 0.3) is 0 Å². The van der Waals surface area contributed by atoms with Crippen LogP contribution in [0.15, 0.2) is 84.9 Å². The van der Waals surface area contributed by atoms with Crippen molar-refractivity contribution < 1.29 is 25.6 Å². The zero-order chi connectivity index (χ0) is 29.0. The molecule has 0 N–H and O–H groups in total. The third kappa shape index (κ3) is 9.00. The maximum absolute atomic E-state index is 7.46. The average molecular weight is 649 g/mol. The fourth-order valence-electron chi connectivity index (χ4n) is 4.40. The van der Waals surface area contributed by atoms with E-state index in [4.69, 9.17) is 25.6 Å². The molecule has 3 rings (SSSR count). The lowest BCUT2D eigenvalue weighted by molar-refractivity contribution is 0.110. The number of hydrogen-bond donors (Lipinski definition) is 0. The molecule has 0 aromatic heterocycles. The number of hydrogen-bond acceptors (Lipinski definition) is 6. The summed E-state index contributed by atoms with van der Waals surface area (Å²) in [7, 11) is -8.92. The van der Waals surface area contributed by atoms with Gasteiger partial charge in [0, 0.05) is 34.4 Å². The summed E-state index contributed by atoms with van der Waals surface area (Å²) in [5.74, 6) is 0. The molecular weight excluding hydrogens is 597 g/mol. The standard InChI is InChI=1S/C28H44O6Si5.2CH4/c1-29-37(9,30-2)33-38(10,31-3)34-39(27-17-13-11-14-18-27,28-19-15-12-16-20-28)32-36(7,8)26-23-21-25(22-24-26)35(4,5)6;;/h11-24H,1-10H3;2*1H4. The van der Waals surface area contributed by atoms with Crippen LogP contribution in [0.1, 0.15) is 14.9 Å². The van der Waals surface area contributed by atoms with E-state index in [0.717, 1.165) is 10.4 Å². The molecule has 11 heteroatoms. The molecule has 1 atom stereocenters. The van der Waals surface area contributed by atoms with Crippen molar-refractivity contribution in [1.82, 2.24) is 0 Å². The first-order chi connectivity index (χ1) is 18.2. The van der Waals surface area contributed by atoms with Crippen molar-refractivity contribution >= 4 is 63.3 Å². The largest absolute Gasteiger partial charge is 0.489 e. The second kappa shape index (κ2) is 14.8. The van der Waals surface area contributed by atoms with Gasteiger partial charge in [-0.3, -0.25) is 0 Å². The van der Waals surface area contributed by atoms with E-state index in [1.54, 1.807) is 21.3 Å². The van der Waals surface area contributed by atoms with Gasteiger partial charge in [-0.05, 0) is 28.7 Å². The van der Waals surface area contributed by atoms with E-state index in [0.29, 0.717) is 0 Å². The highest BCUT2D eigenvalue weighted by Gasteiger charge is 2.56. The molecule has 0 aliphatic carbocycles. The summed E-state index contributed by atoms with van der Waals surface area (Å²) < 4.78 is 38.6. The third-order valence-electron chi connectivity index (χ3n) is 6.96. The van der Waals surface area contributed by atoms with Gasteiger partial charge in [0.1, 0.15) is 0 Å². The summed E-state index contributed by atoms with van der Waals surface area (Å²) in [5.41, 5.74) is 0. The number of benzene rings is 3. The van der Waals surface area contributed by atoms with E-state index in [1.807, 2.05) is 49.5 Å². The van der Waals surface area contributed by atoms with Gasteiger partial charge in [0.15, 0.2) is 0 Å². The van der Waals surface area contributed by atoms with Gasteiger partial charge in [-0.2, -0.15) is 0 Å². The molecule has 3 aromatic carbocycles. The maximum atomic E-state index is 7.46. The Labute approximate surface area is 255 Å². The van der Waals surface area contributed by atoms with Crippen LogP contribution in [0.2, 0.25) is 45.8 Å². The summed E-state index contributed by atoms with van der Waals surface area (Å²) >= 11 is 0. The zero-order valence-corrected chi connectivity index (χ0v) is 30.0. The highest BCUT2D eigenvalue weighted by atomic mass is 28.5. The second-order valence-electron chi connectivity index (χ2n) is 11.3. The zero-order valence-electron chi connectivity index (χ0n) is 25.0. The van der Waals surface area contributed by atoms with Crippen molar-refractivity contribution in [3.05, 3.63) is 84.9 Å². The molecule has 41 heavy (non-hydrogen) atoms. The highest BCUT2D eigenvalue weighted by Crippen LogP contribution is 2.26. The lowest BCUT2D eigenvalue weighted by Gasteiger charge is -2.43. The summed E-state index contributed by atoms with van der Waals surface area (Å²) in [6.07, 6.45) is 0. The van der Waals surface area contributed by atoms with Gasteiger partial charge < -0.3 is 25.6 Å². The minimum Gasteiger partial charge on any atom is -0.426 e. The van der Waals surface area contributed by atoms with E-state index < -0.39 is 42.6 Å². The maximum Gasteiger partial charge on any atom is 0.489 e. The van der Waals surface area contributed by atoms with Gasteiger partial charge in [0.05, 0.1) is 8.07 Å². The Bertz CT molecular complexity index is 1150. The van der Waals surface area contributed by atoms with Gasteiger partial charge in [0.25, 0.3) is 0 Å². The van der Waals surface area contributed by atoms with Gasteiger partial charge in [-0.1, -0.05) is 125 Å². The highest BCUT2D eigenvalue weighted by molar-refractivity contribution is 7.04. The Hall–Kier alpha value is -1.50. The smallest absolute Gasteiger partial charge is 0.426 e. The van der Waals surface area contributed by atoms with Crippen LogP contribution in [-0.4, -0.2) is 63.9 Å². The molecule has 0 aliphatic rings. The molecule has 0 heterocycles. The normalized spacial score (nSPS) is 14.0. The van der Waals surface area contributed by atoms with Crippen molar-refractivity contribution in [3.63, 3.8) is 0 Å². The van der Waals surface area contributed by atoms with Crippen molar-refractivity contribution in [1.29, 1.82) is 0 Å². The van der Waals surface area contributed by atoms with Crippen LogP contribution in [0.3, 0.4) is 0 Å². The van der Waals surface area contributed by atoms with Gasteiger partial charge in [0.2, 0.25) is 8.32 Å². The van der Waals surface area contributed by atoms with Crippen LogP contribution >= 0.6 is 0 Å². The Morgan fingerprint density at radius 2 is 0.805 bits per heavy atom. The molecule has 3 aromatic rings. The number of rotatable bonds is 13. The van der Waals surface area contributed by atoms with E-state index >= 15 is 0 Å². The Balaban J connectivity index is 0.00000420. The SMILES string of the molecule is C.C.CO[Si](C)(OC)O[Si](C)(OC)O[Si](O[Si](C)(C)c1ccc([Si](C)(C)C)cc1)(c1ccccc1)c1ccccc1. The van der Waals surface area contributed by atoms with E-state index in [9.17, 15) is 0 Å². The molecule has 0 saturated carbocycles. The van der Waals surface area contributed by atoms with Gasteiger partial charge >= 0.3 is 26.2 Å². The lowest BCUT2D eigenvalue weighted by Crippen LogP contribution is -2.73. The van der Waals surface area contributed by atoms with Crippen LogP contribution in [0.5, 0.6) is 0 Å². The molecule has 1 unspecified atom stereocenters. The van der Waals surface area contributed by atoms with Crippen molar-refractivity contribution in [2.45, 2.75) is 60.7 Å². The minimum atomic E-state index is -3.40. The second-order valence-corrected chi connectivity index (χ2v) is 29.5. The molecule has 0 amide bonds. The van der Waals surface area contributed by atoms with E-state index in [1.165, 1.54) is 10.4 Å². The summed E-state index contributed by atoms with van der Waals surface area (Å²) in [4.78, 5) is 0. The molecule has 0 bridgehead atoms. The summed E-state index contributed by atoms with van der Waals surface area (Å²) in [5, 5.41) is 4.63. The Kier molecular flexibility index (Phi) is 13.5. The monoisotopic (exact) mass is 648 g/mol. The molecule has 228 valence electrons. The van der Waals surface area contributed by atoms with E-state index in [-0.39, 0.29) is 14.9 Å². The first-order valence-corrected chi connectivity index (χ1v) is 25.9. The first-order valence-electron chi connectivity index (χ1n) is 13.2. The van der Waals surface area contributed by atoms with Crippen molar-refractivity contribution in [3.8, 4) is 0 Å². The lowest BCUT2D eigenvalue weighted by atomic mass is 10.4. The average Bonchev–Trinajstić information content (AvgIpc) is 2.93.